The molecule has 0 spiro atoms. The SMILES string of the molecule is CCCCC[C@H](C)Nc1ncc2c([C@H]3CC[C@@H](C(=O)N4CCOCC4)CC3)cc([C@H]3CC[C@H](O)CC3)n2n1. The van der Waals surface area contributed by atoms with Crippen LogP contribution < -0.4 is 5.32 Å². The van der Waals surface area contributed by atoms with Crippen molar-refractivity contribution in [3.8, 4) is 0 Å². The molecule has 0 unspecified atom stereocenters. The van der Waals surface area contributed by atoms with Gasteiger partial charge in [0.2, 0.25) is 11.9 Å². The highest BCUT2D eigenvalue weighted by Crippen LogP contribution is 2.42. The molecular formula is C30H47N5O3. The summed E-state index contributed by atoms with van der Waals surface area (Å²) in [6, 6.07) is 2.72. The lowest BCUT2D eigenvalue weighted by Crippen LogP contribution is -2.44. The minimum atomic E-state index is -0.174. The first-order valence-corrected chi connectivity index (χ1v) is 15.2. The van der Waals surface area contributed by atoms with Crippen LogP contribution in [0.15, 0.2) is 12.3 Å². The fraction of sp³-hybridized carbons (Fsp3) is 0.767. The van der Waals surface area contributed by atoms with Crippen LogP contribution in [-0.4, -0.2) is 69.0 Å². The van der Waals surface area contributed by atoms with E-state index in [0.717, 1.165) is 76.4 Å². The molecule has 2 N–H and O–H groups in total. The molecule has 210 valence electrons. The van der Waals surface area contributed by atoms with Crippen molar-refractivity contribution in [2.24, 2.45) is 5.92 Å². The fourth-order valence-electron chi connectivity index (χ4n) is 6.78. The molecule has 38 heavy (non-hydrogen) atoms. The molecular weight excluding hydrogens is 478 g/mol. The first-order valence-electron chi connectivity index (χ1n) is 15.2. The Balaban J connectivity index is 1.33. The van der Waals surface area contributed by atoms with E-state index >= 15 is 0 Å². The number of nitrogens with zero attached hydrogens (tertiary/aromatic N) is 4. The number of anilines is 1. The van der Waals surface area contributed by atoms with E-state index in [9.17, 15) is 9.90 Å². The van der Waals surface area contributed by atoms with Crippen molar-refractivity contribution >= 4 is 17.4 Å². The van der Waals surface area contributed by atoms with E-state index in [2.05, 4.69) is 29.7 Å². The third-order valence-electron chi connectivity index (χ3n) is 9.15. The number of amides is 1. The Kier molecular flexibility index (Phi) is 9.20. The van der Waals surface area contributed by atoms with Crippen LogP contribution in [-0.2, 0) is 9.53 Å². The summed E-state index contributed by atoms with van der Waals surface area (Å²) in [5.41, 5.74) is 3.71. The van der Waals surface area contributed by atoms with Crippen molar-refractivity contribution in [3.05, 3.63) is 23.5 Å². The van der Waals surface area contributed by atoms with Crippen molar-refractivity contribution in [1.82, 2.24) is 19.5 Å². The molecule has 0 radical (unpaired) electrons. The van der Waals surface area contributed by atoms with Crippen LogP contribution in [0.2, 0.25) is 0 Å². The van der Waals surface area contributed by atoms with Gasteiger partial charge in [-0.15, -0.1) is 5.10 Å². The number of hydrogen-bond donors (Lipinski definition) is 2. The highest BCUT2D eigenvalue weighted by atomic mass is 16.5. The summed E-state index contributed by atoms with van der Waals surface area (Å²) in [5, 5.41) is 18.7. The average Bonchev–Trinajstić information content (AvgIpc) is 3.32. The summed E-state index contributed by atoms with van der Waals surface area (Å²) in [6.07, 6.45) is 14.3. The van der Waals surface area contributed by atoms with E-state index < -0.39 is 0 Å². The lowest BCUT2D eigenvalue weighted by molar-refractivity contribution is -0.140. The molecule has 2 aromatic heterocycles. The molecule has 1 saturated heterocycles. The molecule has 1 atom stereocenters. The number of nitrogens with one attached hydrogen (secondary N) is 1. The Labute approximate surface area is 227 Å². The van der Waals surface area contributed by atoms with Crippen LogP contribution in [0.25, 0.3) is 5.52 Å². The normalized spacial score (nSPS) is 27.4. The van der Waals surface area contributed by atoms with Crippen molar-refractivity contribution in [1.29, 1.82) is 0 Å². The van der Waals surface area contributed by atoms with Crippen LogP contribution in [0.3, 0.4) is 0 Å². The second-order valence-corrected chi connectivity index (χ2v) is 11.9. The maximum absolute atomic E-state index is 13.1. The molecule has 8 nitrogen and oxygen atoms in total. The lowest BCUT2D eigenvalue weighted by Gasteiger charge is -2.34. The van der Waals surface area contributed by atoms with E-state index in [1.165, 1.54) is 30.5 Å². The Morgan fingerprint density at radius 1 is 1.08 bits per heavy atom. The highest BCUT2D eigenvalue weighted by Gasteiger charge is 2.33. The topological polar surface area (TPSA) is 92.0 Å². The molecule has 2 aliphatic carbocycles. The zero-order chi connectivity index (χ0) is 26.5. The van der Waals surface area contributed by atoms with Gasteiger partial charge in [0.25, 0.3) is 0 Å². The predicted octanol–water partition coefficient (Wildman–Crippen LogP) is 5.26. The van der Waals surface area contributed by atoms with Crippen molar-refractivity contribution in [2.75, 3.05) is 31.6 Å². The second-order valence-electron chi connectivity index (χ2n) is 11.9. The molecule has 8 heteroatoms. The van der Waals surface area contributed by atoms with E-state index in [-0.39, 0.29) is 12.0 Å². The number of aliphatic hydroxyl groups excluding tert-OH is 1. The lowest BCUT2D eigenvalue weighted by atomic mass is 9.78. The third-order valence-corrected chi connectivity index (χ3v) is 9.15. The van der Waals surface area contributed by atoms with Gasteiger partial charge in [0.05, 0.1) is 31.0 Å². The largest absolute Gasteiger partial charge is 0.393 e. The molecule has 3 aliphatic rings. The number of carbonyl (C=O) groups is 1. The molecule has 1 amide bonds. The van der Waals surface area contributed by atoms with Gasteiger partial charge in [0.15, 0.2) is 0 Å². The van der Waals surface area contributed by atoms with Crippen LogP contribution >= 0.6 is 0 Å². The summed E-state index contributed by atoms with van der Waals surface area (Å²) in [6.45, 7) is 7.23. The molecule has 2 aromatic rings. The van der Waals surface area contributed by atoms with E-state index in [1.807, 2.05) is 11.1 Å². The number of ether oxygens (including phenoxy) is 1. The number of aliphatic hydroxyl groups is 1. The smallest absolute Gasteiger partial charge is 0.241 e. The number of fused-ring (bicyclic) bond motifs is 1. The van der Waals surface area contributed by atoms with Gasteiger partial charge in [0, 0.05) is 36.7 Å². The van der Waals surface area contributed by atoms with Gasteiger partial charge in [-0.3, -0.25) is 4.79 Å². The van der Waals surface area contributed by atoms with Gasteiger partial charge in [-0.1, -0.05) is 26.2 Å². The maximum atomic E-state index is 13.1. The quantitative estimate of drug-likeness (QED) is 0.434. The predicted molar refractivity (Wildman–Crippen MR) is 150 cm³/mol. The Morgan fingerprint density at radius 3 is 2.50 bits per heavy atom. The number of rotatable bonds is 9. The summed E-state index contributed by atoms with van der Waals surface area (Å²) in [5.74, 6) is 1.99. The number of carbonyl (C=O) groups excluding carboxylic acids is 1. The second kappa shape index (κ2) is 12.8. The fourth-order valence-corrected chi connectivity index (χ4v) is 6.78. The number of morpholine rings is 1. The zero-order valence-electron chi connectivity index (χ0n) is 23.4. The number of hydrogen-bond acceptors (Lipinski definition) is 6. The molecule has 0 aromatic carbocycles. The van der Waals surface area contributed by atoms with Gasteiger partial charge in [-0.25, -0.2) is 9.50 Å². The van der Waals surface area contributed by atoms with Crippen molar-refractivity contribution < 1.29 is 14.6 Å². The Hall–Kier alpha value is -2.19. The first-order chi connectivity index (χ1) is 18.5. The summed E-state index contributed by atoms with van der Waals surface area (Å²) in [7, 11) is 0. The maximum Gasteiger partial charge on any atom is 0.241 e. The van der Waals surface area contributed by atoms with E-state index in [4.69, 9.17) is 14.8 Å². The molecule has 0 bridgehead atoms. The van der Waals surface area contributed by atoms with Crippen molar-refractivity contribution in [2.45, 2.75) is 115 Å². The summed E-state index contributed by atoms with van der Waals surface area (Å²) in [4.78, 5) is 19.8. The standard InChI is InChI=1S/C30H47N5O3/c1-3-4-5-6-21(2)32-30-31-20-28-26(19-27(35(28)33-30)23-11-13-25(36)14-12-23)22-7-9-24(10-8-22)29(37)34-15-17-38-18-16-34/h19-25,36H,3-18H2,1-2H3,(H,32,33)/t21-,22-,23-,24+,25-/m0/s1. The van der Waals surface area contributed by atoms with Gasteiger partial charge >= 0.3 is 0 Å². The van der Waals surface area contributed by atoms with Crippen LogP contribution in [0, 0.1) is 5.92 Å². The highest BCUT2D eigenvalue weighted by molar-refractivity contribution is 5.79. The van der Waals surface area contributed by atoms with Gasteiger partial charge in [0.1, 0.15) is 0 Å². The van der Waals surface area contributed by atoms with E-state index in [0.29, 0.717) is 42.9 Å². The average molecular weight is 526 g/mol. The van der Waals surface area contributed by atoms with Crippen LogP contribution in [0.1, 0.15) is 114 Å². The summed E-state index contributed by atoms with van der Waals surface area (Å²) < 4.78 is 7.59. The molecule has 3 heterocycles. The molecule has 3 fully saturated rings. The monoisotopic (exact) mass is 525 g/mol. The van der Waals surface area contributed by atoms with E-state index in [1.54, 1.807) is 0 Å². The third kappa shape index (κ3) is 6.33. The molecule has 1 aliphatic heterocycles. The number of unbranched alkanes of at least 4 members (excludes halogenated alkanes) is 2. The van der Waals surface area contributed by atoms with Gasteiger partial charge in [-0.2, -0.15) is 0 Å². The minimum absolute atomic E-state index is 0.138. The van der Waals surface area contributed by atoms with Crippen molar-refractivity contribution in [3.63, 3.8) is 0 Å². The van der Waals surface area contributed by atoms with Gasteiger partial charge < -0.3 is 20.1 Å². The minimum Gasteiger partial charge on any atom is -0.393 e. The Bertz CT molecular complexity index is 1050. The molecule has 5 rings (SSSR count). The van der Waals surface area contributed by atoms with Gasteiger partial charge in [-0.05, 0) is 82.3 Å². The Morgan fingerprint density at radius 2 is 1.79 bits per heavy atom. The number of aromatic nitrogens is 3. The summed E-state index contributed by atoms with van der Waals surface area (Å²) >= 11 is 0. The molecule has 2 saturated carbocycles. The van der Waals surface area contributed by atoms with Crippen LogP contribution in [0.4, 0.5) is 5.95 Å². The zero-order valence-corrected chi connectivity index (χ0v) is 23.4. The van der Waals surface area contributed by atoms with Crippen LogP contribution in [0.5, 0.6) is 0 Å². The first kappa shape index (κ1) is 27.4.